The van der Waals surface area contributed by atoms with Gasteiger partial charge in [0, 0.05) is 11.6 Å². The molecule has 2 nitrogen and oxygen atoms in total. The van der Waals surface area contributed by atoms with E-state index in [4.69, 9.17) is 0 Å². The minimum atomic E-state index is 0.143. The third-order valence-corrected chi connectivity index (χ3v) is 3.63. The number of hydrogen-bond donors (Lipinski definition) is 1. The topological polar surface area (TPSA) is 29.1 Å². The summed E-state index contributed by atoms with van der Waals surface area (Å²) in [5.41, 5.74) is 3.33. The van der Waals surface area contributed by atoms with Crippen LogP contribution in [-0.2, 0) is 4.79 Å². The van der Waals surface area contributed by atoms with Gasteiger partial charge in [-0.3, -0.25) is 4.79 Å². The van der Waals surface area contributed by atoms with Crippen LogP contribution in [0.2, 0.25) is 0 Å². The SMILES string of the molecule is CCCC[C@@H](CC)C(=O)Nc1cccc(C)c1C. The molecule has 0 aromatic heterocycles. The summed E-state index contributed by atoms with van der Waals surface area (Å²) in [6.07, 6.45) is 4.17. The molecule has 0 aliphatic carbocycles. The molecule has 0 aliphatic heterocycles. The second-order valence-electron chi connectivity index (χ2n) is 4.98. The number of unbranched alkanes of at least 4 members (excludes halogenated alkanes) is 1. The summed E-state index contributed by atoms with van der Waals surface area (Å²) in [4.78, 5) is 12.2. The van der Waals surface area contributed by atoms with E-state index in [0.717, 1.165) is 36.9 Å². The van der Waals surface area contributed by atoms with Crippen molar-refractivity contribution in [2.45, 2.75) is 53.4 Å². The highest BCUT2D eigenvalue weighted by Gasteiger charge is 2.16. The Bertz CT molecular complexity index is 398. The number of carbonyl (C=O) groups excluding carboxylic acids is 1. The van der Waals surface area contributed by atoms with Gasteiger partial charge in [-0.15, -0.1) is 0 Å². The summed E-state index contributed by atoms with van der Waals surface area (Å²) in [5, 5.41) is 3.07. The minimum absolute atomic E-state index is 0.143. The standard InChI is InChI=1S/C16H25NO/c1-5-7-10-14(6-2)16(18)17-15-11-8-9-12(3)13(15)4/h8-9,11,14H,5-7,10H2,1-4H3,(H,17,18)/t14-/m1/s1. The summed E-state index contributed by atoms with van der Waals surface area (Å²) in [5.74, 6) is 0.310. The zero-order chi connectivity index (χ0) is 13.5. The van der Waals surface area contributed by atoms with Gasteiger partial charge in [-0.05, 0) is 43.9 Å². The van der Waals surface area contributed by atoms with E-state index < -0.39 is 0 Å². The first-order valence-corrected chi connectivity index (χ1v) is 6.97. The van der Waals surface area contributed by atoms with Gasteiger partial charge in [-0.1, -0.05) is 38.8 Å². The van der Waals surface area contributed by atoms with Crippen LogP contribution in [0.15, 0.2) is 18.2 Å². The molecule has 18 heavy (non-hydrogen) atoms. The van der Waals surface area contributed by atoms with E-state index in [0.29, 0.717) is 0 Å². The molecule has 2 heteroatoms. The molecule has 0 heterocycles. The first-order valence-electron chi connectivity index (χ1n) is 6.97. The first kappa shape index (κ1) is 14.7. The predicted octanol–water partition coefficient (Wildman–Crippen LogP) is 4.46. The Morgan fingerprint density at radius 3 is 2.61 bits per heavy atom. The van der Waals surface area contributed by atoms with Gasteiger partial charge in [0.15, 0.2) is 0 Å². The number of hydrogen-bond acceptors (Lipinski definition) is 1. The molecule has 0 radical (unpaired) electrons. The lowest BCUT2D eigenvalue weighted by Gasteiger charge is -2.16. The third-order valence-electron chi connectivity index (χ3n) is 3.63. The van der Waals surface area contributed by atoms with Gasteiger partial charge in [0.2, 0.25) is 5.91 Å². The molecule has 1 aromatic carbocycles. The Hall–Kier alpha value is -1.31. The van der Waals surface area contributed by atoms with Crippen LogP contribution in [0.3, 0.4) is 0 Å². The summed E-state index contributed by atoms with van der Waals surface area (Å²) in [6.45, 7) is 8.37. The quantitative estimate of drug-likeness (QED) is 0.790. The van der Waals surface area contributed by atoms with Crippen molar-refractivity contribution in [3.8, 4) is 0 Å². The van der Waals surface area contributed by atoms with Crippen LogP contribution >= 0.6 is 0 Å². The van der Waals surface area contributed by atoms with Crippen molar-refractivity contribution in [2.24, 2.45) is 5.92 Å². The Morgan fingerprint density at radius 1 is 1.28 bits per heavy atom. The molecule has 1 amide bonds. The number of aryl methyl sites for hydroxylation is 1. The van der Waals surface area contributed by atoms with Crippen molar-refractivity contribution in [2.75, 3.05) is 5.32 Å². The second kappa shape index (κ2) is 7.20. The van der Waals surface area contributed by atoms with E-state index in [2.05, 4.69) is 39.1 Å². The molecular weight excluding hydrogens is 222 g/mol. The van der Waals surface area contributed by atoms with E-state index >= 15 is 0 Å². The maximum atomic E-state index is 12.2. The largest absolute Gasteiger partial charge is 0.326 e. The van der Waals surface area contributed by atoms with Gasteiger partial charge in [-0.2, -0.15) is 0 Å². The fourth-order valence-corrected chi connectivity index (χ4v) is 2.09. The summed E-state index contributed by atoms with van der Waals surface area (Å²) >= 11 is 0. The van der Waals surface area contributed by atoms with Crippen LogP contribution in [0.25, 0.3) is 0 Å². The molecule has 0 bridgehead atoms. The number of anilines is 1. The van der Waals surface area contributed by atoms with Crippen molar-refractivity contribution >= 4 is 11.6 Å². The molecule has 1 aromatic rings. The summed E-state index contributed by atoms with van der Waals surface area (Å²) in [7, 11) is 0. The highest BCUT2D eigenvalue weighted by molar-refractivity contribution is 5.93. The average molecular weight is 247 g/mol. The molecule has 1 atom stereocenters. The molecule has 0 unspecified atom stereocenters. The zero-order valence-electron chi connectivity index (χ0n) is 12.0. The number of nitrogens with one attached hydrogen (secondary N) is 1. The maximum Gasteiger partial charge on any atom is 0.227 e. The van der Waals surface area contributed by atoms with Gasteiger partial charge >= 0.3 is 0 Å². The van der Waals surface area contributed by atoms with E-state index in [1.165, 1.54) is 5.56 Å². The Morgan fingerprint density at radius 2 is 2.00 bits per heavy atom. The molecule has 1 rings (SSSR count). The fourth-order valence-electron chi connectivity index (χ4n) is 2.09. The Balaban J connectivity index is 2.70. The van der Waals surface area contributed by atoms with E-state index in [-0.39, 0.29) is 11.8 Å². The van der Waals surface area contributed by atoms with Crippen LogP contribution in [0.1, 0.15) is 50.7 Å². The molecule has 0 fully saturated rings. The van der Waals surface area contributed by atoms with Crippen molar-refractivity contribution in [1.82, 2.24) is 0 Å². The maximum absolute atomic E-state index is 12.2. The monoisotopic (exact) mass is 247 g/mol. The molecule has 100 valence electrons. The summed E-state index contributed by atoms with van der Waals surface area (Å²) < 4.78 is 0. The van der Waals surface area contributed by atoms with E-state index in [1.807, 2.05) is 12.1 Å². The van der Waals surface area contributed by atoms with Crippen molar-refractivity contribution in [3.63, 3.8) is 0 Å². The Kier molecular flexibility index (Phi) is 5.90. The number of rotatable bonds is 6. The number of amides is 1. The highest BCUT2D eigenvalue weighted by atomic mass is 16.1. The lowest BCUT2D eigenvalue weighted by atomic mass is 9.98. The van der Waals surface area contributed by atoms with Gasteiger partial charge in [0.05, 0.1) is 0 Å². The zero-order valence-corrected chi connectivity index (χ0v) is 12.0. The minimum Gasteiger partial charge on any atom is -0.326 e. The molecular formula is C16H25NO. The van der Waals surface area contributed by atoms with Crippen molar-refractivity contribution in [3.05, 3.63) is 29.3 Å². The van der Waals surface area contributed by atoms with Crippen LogP contribution in [0, 0.1) is 19.8 Å². The van der Waals surface area contributed by atoms with Gasteiger partial charge in [0.25, 0.3) is 0 Å². The first-order chi connectivity index (χ1) is 8.60. The van der Waals surface area contributed by atoms with Crippen LogP contribution in [0.5, 0.6) is 0 Å². The van der Waals surface area contributed by atoms with Crippen LogP contribution in [-0.4, -0.2) is 5.91 Å². The van der Waals surface area contributed by atoms with E-state index in [9.17, 15) is 4.79 Å². The van der Waals surface area contributed by atoms with Crippen LogP contribution in [0.4, 0.5) is 5.69 Å². The molecule has 0 saturated heterocycles. The highest BCUT2D eigenvalue weighted by Crippen LogP contribution is 2.21. The lowest BCUT2D eigenvalue weighted by Crippen LogP contribution is -2.22. The normalized spacial score (nSPS) is 12.2. The van der Waals surface area contributed by atoms with Gasteiger partial charge < -0.3 is 5.32 Å². The van der Waals surface area contributed by atoms with Gasteiger partial charge in [0.1, 0.15) is 0 Å². The second-order valence-corrected chi connectivity index (χ2v) is 4.98. The van der Waals surface area contributed by atoms with E-state index in [1.54, 1.807) is 0 Å². The molecule has 1 N–H and O–H groups in total. The third kappa shape index (κ3) is 3.86. The molecule has 0 saturated carbocycles. The lowest BCUT2D eigenvalue weighted by molar-refractivity contribution is -0.120. The predicted molar refractivity (Wildman–Crippen MR) is 77.9 cm³/mol. The number of benzene rings is 1. The number of carbonyl (C=O) groups is 1. The van der Waals surface area contributed by atoms with Crippen molar-refractivity contribution < 1.29 is 4.79 Å². The summed E-state index contributed by atoms with van der Waals surface area (Å²) in [6, 6.07) is 6.04. The molecule has 0 aliphatic rings. The van der Waals surface area contributed by atoms with Crippen molar-refractivity contribution in [1.29, 1.82) is 0 Å². The smallest absolute Gasteiger partial charge is 0.227 e. The van der Waals surface area contributed by atoms with Crippen LogP contribution < -0.4 is 5.32 Å². The molecule has 0 spiro atoms. The van der Waals surface area contributed by atoms with Gasteiger partial charge in [-0.25, -0.2) is 0 Å². The average Bonchev–Trinajstić information content (AvgIpc) is 2.36. The fraction of sp³-hybridized carbons (Fsp3) is 0.562. The Labute approximate surface area is 111 Å².